The number of amides is 2. The molecule has 1 atom stereocenters. The first-order valence-electron chi connectivity index (χ1n) is 11.3. The zero-order valence-corrected chi connectivity index (χ0v) is 18.9. The van der Waals surface area contributed by atoms with Crippen LogP contribution in [0.15, 0.2) is 29.3 Å². The van der Waals surface area contributed by atoms with Crippen molar-refractivity contribution in [3.63, 3.8) is 0 Å². The van der Waals surface area contributed by atoms with Gasteiger partial charge in [0.05, 0.1) is 6.54 Å². The third-order valence-corrected chi connectivity index (χ3v) is 5.59. The molecule has 1 aromatic rings. The summed E-state index contributed by atoms with van der Waals surface area (Å²) in [5.41, 5.74) is 1.87. The zero-order chi connectivity index (χ0) is 22.2. The first-order valence-corrected chi connectivity index (χ1v) is 11.3. The number of aliphatic imine (C=N–C) groups is 1. The lowest BCUT2D eigenvalue weighted by molar-refractivity contribution is -0.142. The van der Waals surface area contributed by atoms with E-state index in [1.807, 2.05) is 43.0 Å². The largest absolute Gasteiger partial charge is 0.368 e. The van der Waals surface area contributed by atoms with E-state index in [9.17, 15) is 9.59 Å². The van der Waals surface area contributed by atoms with E-state index in [-0.39, 0.29) is 23.8 Å². The molecule has 170 valence electrons. The smallest absolute Gasteiger partial charge is 0.251 e. The van der Waals surface area contributed by atoms with Crippen LogP contribution < -0.4 is 10.6 Å². The molecule has 2 fully saturated rings. The normalized spacial score (nSPS) is 19.6. The molecule has 2 aliphatic heterocycles. The number of carbonyl (C=O) groups excluding carboxylic acids is 2. The number of carbonyl (C=O) groups is 2. The Bertz CT molecular complexity index is 764. The van der Waals surface area contributed by atoms with Crippen LogP contribution in [0, 0.1) is 5.92 Å². The predicted octanol–water partition coefficient (Wildman–Crippen LogP) is 2.07. The maximum atomic E-state index is 12.6. The summed E-state index contributed by atoms with van der Waals surface area (Å²) in [6.45, 7) is 10.7. The van der Waals surface area contributed by atoms with Crippen molar-refractivity contribution < 1.29 is 14.3 Å². The molecule has 8 nitrogen and oxygen atoms in total. The molecule has 2 aliphatic rings. The fraction of sp³-hybridized carbons (Fsp3) is 0.609. The van der Waals surface area contributed by atoms with Gasteiger partial charge in [-0.3, -0.25) is 9.59 Å². The van der Waals surface area contributed by atoms with Gasteiger partial charge in [0, 0.05) is 50.9 Å². The van der Waals surface area contributed by atoms with Crippen molar-refractivity contribution in [2.24, 2.45) is 10.9 Å². The minimum Gasteiger partial charge on any atom is -0.368 e. The number of piperazine rings is 1. The Hall–Kier alpha value is -2.61. The van der Waals surface area contributed by atoms with E-state index in [4.69, 9.17) is 9.73 Å². The highest BCUT2D eigenvalue weighted by Crippen LogP contribution is 2.16. The lowest BCUT2D eigenvalue weighted by Gasteiger charge is -2.37. The van der Waals surface area contributed by atoms with Gasteiger partial charge in [0.2, 0.25) is 5.91 Å². The van der Waals surface area contributed by atoms with E-state index >= 15 is 0 Å². The van der Waals surface area contributed by atoms with Gasteiger partial charge >= 0.3 is 0 Å². The van der Waals surface area contributed by atoms with Crippen LogP contribution in [0.25, 0.3) is 0 Å². The topological polar surface area (TPSA) is 86.3 Å². The highest BCUT2D eigenvalue weighted by Gasteiger charge is 2.30. The van der Waals surface area contributed by atoms with Gasteiger partial charge in [0.1, 0.15) is 6.10 Å². The Kier molecular flexibility index (Phi) is 8.28. The number of ether oxygens (including phenoxy) is 1. The Labute approximate surface area is 185 Å². The van der Waals surface area contributed by atoms with Crippen molar-refractivity contribution >= 4 is 23.5 Å². The third-order valence-electron chi connectivity index (χ3n) is 5.59. The van der Waals surface area contributed by atoms with Crippen molar-refractivity contribution in [3.8, 4) is 0 Å². The fourth-order valence-electron chi connectivity index (χ4n) is 3.69. The van der Waals surface area contributed by atoms with Crippen LogP contribution in [0.5, 0.6) is 0 Å². The molecule has 1 aromatic carbocycles. The Morgan fingerprint density at radius 2 is 1.81 bits per heavy atom. The van der Waals surface area contributed by atoms with Crippen LogP contribution in [0.4, 0.5) is 5.69 Å². The van der Waals surface area contributed by atoms with E-state index < -0.39 is 0 Å². The quantitative estimate of drug-likeness (QED) is 0.534. The Morgan fingerprint density at radius 3 is 2.39 bits per heavy atom. The lowest BCUT2D eigenvalue weighted by Crippen LogP contribution is -2.55. The van der Waals surface area contributed by atoms with Crippen LogP contribution >= 0.6 is 0 Å². The SMILES string of the molecule is CCNC(=NCc1ccc(NC(=O)C(C)C)cc1)N1CCN(C(=O)C2CCCO2)CC1. The van der Waals surface area contributed by atoms with E-state index in [0.717, 1.165) is 49.7 Å². The summed E-state index contributed by atoms with van der Waals surface area (Å²) in [4.78, 5) is 33.3. The van der Waals surface area contributed by atoms with Gasteiger partial charge in [0.25, 0.3) is 5.91 Å². The second-order valence-corrected chi connectivity index (χ2v) is 8.33. The molecular weight excluding hydrogens is 394 g/mol. The van der Waals surface area contributed by atoms with Crippen LogP contribution in [0.3, 0.4) is 0 Å². The third kappa shape index (κ3) is 6.43. The first kappa shape index (κ1) is 23.1. The average molecular weight is 430 g/mol. The van der Waals surface area contributed by atoms with Gasteiger partial charge in [-0.25, -0.2) is 4.99 Å². The molecular formula is C23H35N5O3. The predicted molar refractivity (Wildman–Crippen MR) is 122 cm³/mol. The number of guanidine groups is 1. The van der Waals surface area contributed by atoms with E-state index in [2.05, 4.69) is 22.5 Å². The minimum atomic E-state index is -0.248. The Morgan fingerprint density at radius 1 is 1.13 bits per heavy atom. The molecule has 1 unspecified atom stereocenters. The van der Waals surface area contributed by atoms with Crippen molar-refractivity contribution in [1.29, 1.82) is 0 Å². The Balaban J connectivity index is 1.54. The van der Waals surface area contributed by atoms with Gasteiger partial charge < -0.3 is 25.2 Å². The number of anilines is 1. The number of hydrogen-bond donors (Lipinski definition) is 2. The molecule has 2 saturated heterocycles. The van der Waals surface area contributed by atoms with Crippen molar-refractivity contribution in [1.82, 2.24) is 15.1 Å². The summed E-state index contributed by atoms with van der Waals surface area (Å²) < 4.78 is 5.55. The minimum absolute atomic E-state index is 0.0114. The van der Waals surface area contributed by atoms with E-state index in [1.165, 1.54) is 0 Å². The second kappa shape index (κ2) is 11.1. The summed E-state index contributed by atoms with van der Waals surface area (Å²) in [5.74, 6) is 0.957. The maximum Gasteiger partial charge on any atom is 0.251 e. The number of nitrogens with one attached hydrogen (secondary N) is 2. The molecule has 2 heterocycles. The van der Waals surface area contributed by atoms with E-state index in [1.54, 1.807) is 0 Å². The number of benzene rings is 1. The number of hydrogen-bond acceptors (Lipinski definition) is 4. The number of rotatable bonds is 6. The summed E-state index contributed by atoms with van der Waals surface area (Å²) >= 11 is 0. The second-order valence-electron chi connectivity index (χ2n) is 8.33. The van der Waals surface area contributed by atoms with Crippen molar-refractivity contribution in [2.75, 3.05) is 44.6 Å². The van der Waals surface area contributed by atoms with Crippen molar-refractivity contribution in [2.45, 2.75) is 46.3 Å². The summed E-state index contributed by atoms with van der Waals surface area (Å²) in [6, 6.07) is 7.80. The highest BCUT2D eigenvalue weighted by atomic mass is 16.5. The van der Waals surface area contributed by atoms with Gasteiger partial charge in [0.15, 0.2) is 5.96 Å². The standard InChI is InChI=1S/C23H35N5O3/c1-4-24-23(25-16-18-7-9-19(10-8-18)26-21(29)17(2)3)28-13-11-27(12-14-28)22(30)20-6-5-15-31-20/h7-10,17,20H,4-6,11-16H2,1-3H3,(H,24,25)(H,26,29). The molecule has 2 N–H and O–H groups in total. The fourth-order valence-corrected chi connectivity index (χ4v) is 3.69. The molecule has 0 spiro atoms. The van der Waals surface area contributed by atoms with Gasteiger partial charge in [-0.15, -0.1) is 0 Å². The van der Waals surface area contributed by atoms with Crippen molar-refractivity contribution in [3.05, 3.63) is 29.8 Å². The molecule has 3 rings (SSSR count). The van der Waals surface area contributed by atoms with E-state index in [0.29, 0.717) is 26.2 Å². The maximum absolute atomic E-state index is 12.6. The lowest BCUT2D eigenvalue weighted by atomic mass is 10.1. The molecule has 0 bridgehead atoms. The summed E-state index contributed by atoms with van der Waals surface area (Å²) in [5, 5.41) is 6.26. The van der Waals surface area contributed by atoms with Crippen LogP contribution in [0.2, 0.25) is 0 Å². The molecule has 8 heteroatoms. The van der Waals surface area contributed by atoms with Gasteiger partial charge in [-0.05, 0) is 37.5 Å². The van der Waals surface area contributed by atoms with Gasteiger partial charge in [-0.2, -0.15) is 0 Å². The molecule has 0 aliphatic carbocycles. The molecule has 0 saturated carbocycles. The molecule has 31 heavy (non-hydrogen) atoms. The molecule has 0 radical (unpaired) electrons. The first-order chi connectivity index (χ1) is 15.0. The van der Waals surface area contributed by atoms with Gasteiger partial charge in [-0.1, -0.05) is 26.0 Å². The van der Waals surface area contributed by atoms with Crippen LogP contribution in [-0.2, 0) is 20.9 Å². The summed E-state index contributed by atoms with van der Waals surface area (Å²) in [7, 11) is 0. The van der Waals surface area contributed by atoms with Crippen LogP contribution in [0.1, 0.15) is 39.2 Å². The molecule has 2 amide bonds. The van der Waals surface area contributed by atoms with Crippen LogP contribution in [-0.4, -0.2) is 73.0 Å². The number of nitrogens with zero attached hydrogens (tertiary/aromatic N) is 3. The monoisotopic (exact) mass is 429 g/mol. The molecule has 0 aromatic heterocycles. The highest BCUT2D eigenvalue weighted by molar-refractivity contribution is 5.92. The summed E-state index contributed by atoms with van der Waals surface area (Å²) in [6.07, 6.45) is 1.56. The average Bonchev–Trinajstić information content (AvgIpc) is 3.32. The zero-order valence-electron chi connectivity index (χ0n) is 18.9.